The summed E-state index contributed by atoms with van der Waals surface area (Å²) in [6.45, 7) is 3.77. The fraction of sp³-hybridized carbons (Fsp3) is 0.286. The van der Waals surface area contributed by atoms with Crippen LogP contribution in [-0.2, 0) is 4.79 Å². The first-order chi connectivity index (χ1) is 9.06. The number of amides is 3. The van der Waals surface area contributed by atoms with Crippen molar-refractivity contribution in [1.29, 1.82) is 0 Å². The van der Waals surface area contributed by atoms with Gasteiger partial charge in [0.15, 0.2) is 0 Å². The van der Waals surface area contributed by atoms with E-state index in [2.05, 4.69) is 5.32 Å². The molecule has 3 amide bonds. The minimum atomic E-state index is -0.470. The molecule has 0 saturated heterocycles. The number of imide groups is 1. The molecule has 0 aliphatic heterocycles. The largest absolute Gasteiger partial charge is 0.329 e. The van der Waals surface area contributed by atoms with Crippen molar-refractivity contribution in [2.24, 2.45) is 5.73 Å². The maximum Gasteiger partial charge on any atom is 0.328 e. The van der Waals surface area contributed by atoms with Crippen LogP contribution in [0.1, 0.15) is 18.1 Å². The highest BCUT2D eigenvalue weighted by atomic mass is 16.2. The number of carbonyl (C=O) groups is 2. The third kappa shape index (κ3) is 4.56. The van der Waals surface area contributed by atoms with Gasteiger partial charge in [0.2, 0.25) is 5.91 Å². The van der Waals surface area contributed by atoms with Gasteiger partial charge >= 0.3 is 6.03 Å². The second kappa shape index (κ2) is 7.33. The van der Waals surface area contributed by atoms with Crippen molar-refractivity contribution in [3.63, 3.8) is 0 Å². The van der Waals surface area contributed by atoms with Crippen LogP contribution in [0.25, 0.3) is 6.08 Å². The molecular weight excluding hydrogens is 242 g/mol. The lowest BCUT2D eigenvalue weighted by Crippen LogP contribution is -2.43. The zero-order valence-corrected chi connectivity index (χ0v) is 11.2. The molecule has 5 heteroatoms. The van der Waals surface area contributed by atoms with Gasteiger partial charge in [0, 0.05) is 26.2 Å². The summed E-state index contributed by atoms with van der Waals surface area (Å²) in [5.74, 6) is -0.327. The van der Waals surface area contributed by atoms with E-state index in [9.17, 15) is 9.59 Å². The number of benzene rings is 1. The van der Waals surface area contributed by atoms with Gasteiger partial charge in [0.05, 0.1) is 0 Å². The molecule has 0 fully saturated rings. The molecule has 0 saturated carbocycles. The van der Waals surface area contributed by atoms with E-state index in [1.807, 2.05) is 31.2 Å². The molecule has 0 aliphatic rings. The molecule has 0 radical (unpaired) electrons. The van der Waals surface area contributed by atoms with Crippen LogP contribution in [0.2, 0.25) is 0 Å². The maximum atomic E-state index is 11.7. The normalized spacial score (nSPS) is 10.5. The first-order valence-electron chi connectivity index (χ1n) is 6.07. The van der Waals surface area contributed by atoms with Gasteiger partial charge in [-0.15, -0.1) is 0 Å². The smallest absolute Gasteiger partial charge is 0.328 e. The van der Waals surface area contributed by atoms with Crippen LogP contribution in [0.15, 0.2) is 30.5 Å². The van der Waals surface area contributed by atoms with Crippen molar-refractivity contribution >= 4 is 18.0 Å². The quantitative estimate of drug-likeness (QED) is 0.862. The van der Waals surface area contributed by atoms with Crippen LogP contribution in [0.3, 0.4) is 0 Å². The number of hydrogen-bond donors (Lipinski definition) is 2. The molecule has 0 spiro atoms. The van der Waals surface area contributed by atoms with Crippen LogP contribution < -0.4 is 11.1 Å². The van der Waals surface area contributed by atoms with Gasteiger partial charge in [-0.05, 0) is 24.1 Å². The van der Waals surface area contributed by atoms with E-state index in [1.54, 1.807) is 6.08 Å². The molecule has 19 heavy (non-hydrogen) atoms. The van der Waals surface area contributed by atoms with Crippen LogP contribution in [-0.4, -0.2) is 29.9 Å². The maximum absolute atomic E-state index is 11.7. The number of rotatable bonds is 4. The van der Waals surface area contributed by atoms with Crippen LogP contribution >= 0.6 is 0 Å². The summed E-state index contributed by atoms with van der Waals surface area (Å²) in [5.41, 5.74) is 7.47. The minimum Gasteiger partial charge on any atom is -0.329 e. The Morgan fingerprint density at radius 2 is 2.05 bits per heavy atom. The van der Waals surface area contributed by atoms with E-state index in [4.69, 9.17) is 5.73 Å². The molecule has 3 N–H and O–H groups in total. The lowest BCUT2D eigenvalue weighted by Gasteiger charge is -2.17. The predicted molar refractivity (Wildman–Crippen MR) is 75.2 cm³/mol. The molecule has 0 atom stereocenters. The number of nitrogens with two attached hydrogens (primary N) is 1. The molecule has 0 heterocycles. The Hall–Kier alpha value is -2.14. The fourth-order valence-electron chi connectivity index (χ4n) is 1.59. The summed E-state index contributed by atoms with van der Waals surface area (Å²) in [6, 6.07) is 7.33. The Labute approximate surface area is 113 Å². The van der Waals surface area contributed by atoms with Gasteiger partial charge in [-0.25, -0.2) is 4.79 Å². The second-order valence-corrected chi connectivity index (χ2v) is 4.10. The van der Waals surface area contributed by atoms with Crippen molar-refractivity contribution in [2.45, 2.75) is 13.8 Å². The molecule has 0 unspecified atom stereocenters. The van der Waals surface area contributed by atoms with Crippen molar-refractivity contribution in [3.8, 4) is 0 Å². The number of aryl methyl sites for hydroxylation is 1. The Balaban J connectivity index is 2.63. The monoisotopic (exact) mass is 261 g/mol. The SMILES string of the molecule is CC(=O)N(CCN)C(=O)N/C=C/c1ccccc1C. The zero-order valence-electron chi connectivity index (χ0n) is 11.2. The number of carbonyl (C=O) groups excluding carboxylic acids is 2. The summed E-state index contributed by atoms with van der Waals surface area (Å²) < 4.78 is 0. The summed E-state index contributed by atoms with van der Waals surface area (Å²) in [6.07, 6.45) is 3.31. The summed E-state index contributed by atoms with van der Waals surface area (Å²) in [4.78, 5) is 24.1. The molecular formula is C14H19N3O2. The van der Waals surface area contributed by atoms with Gasteiger partial charge in [-0.2, -0.15) is 0 Å². The van der Waals surface area contributed by atoms with E-state index < -0.39 is 6.03 Å². The molecule has 0 bridgehead atoms. The number of nitrogens with one attached hydrogen (secondary N) is 1. The Bertz CT molecular complexity index is 483. The molecule has 5 nitrogen and oxygen atoms in total. The minimum absolute atomic E-state index is 0.208. The molecule has 102 valence electrons. The van der Waals surface area contributed by atoms with Gasteiger partial charge in [-0.1, -0.05) is 24.3 Å². The van der Waals surface area contributed by atoms with Crippen molar-refractivity contribution < 1.29 is 9.59 Å². The summed E-state index contributed by atoms with van der Waals surface area (Å²) >= 11 is 0. The molecule has 0 aliphatic carbocycles. The summed E-state index contributed by atoms with van der Waals surface area (Å²) in [7, 11) is 0. The highest BCUT2D eigenvalue weighted by Gasteiger charge is 2.15. The summed E-state index contributed by atoms with van der Waals surface area (Å²) in [5, 5.41) is 2.55. The van der Waals surface area contributed by atoms with Gasteiger partial charge < -0.3 is 11.1 Å². The van der Waals surface area contributed by atoms with Crippen LogP contribution in [0, 0.1) is 6.92 Å². The molecule has 1 aromatic carbocycles. The number of hydrogen-bond acceptors (Lipinski definition) is 3. The van der Waals surface area contributed by atoms with Crippen LogP contribution in [0.4, 0.5) is 4.79 Å². The second-order valence-electron chi connectivity index (χ2n) is 4.10. The Morgan fingerprint density at radius 3 is 2.63 bits per heavy atom. The van der Waals surface area contributed by atoms with E-state index in [1.165, 1.54) is 13.1 Å². The van der Waals surface area contributed by atoms with Crippen LogP contribution in [0.5, 0.6) is 0 Å². The first-order valence-corrected chi connectivity index (χ1v) is 6.07. The number of urea groups is 1. The Kier molecular flexibility index (Phi) is 5.75. The van der Waals surface area contributed by atoms with Gasteiger partial charge in [-0.3, -0.25) is 9.69 Å². The van der Waals surface area contributed by atoms with E-state index >= 15 is 0 Å². The zero-order chi connectivity index (χ0) is 14.3. The standard InChI is InChI=1S/C14H19N3O2/c1-11-5-3-4-6-13(11)7-9-16-14(19)17(10-8-15)12(2)18/h3-7,9H,8,10,15H2,1-2H3,(H,16,19)/b9-7+. The average Bonchev–Trinajstić information content (AvgIpc) is 2.37. The van der Waals surface area contributed by atoms with Gasteiger partial charge in [0.25, 0.3) is 0 Å². The fourth-order valence-corrected chi connectivity index (χ4v) is 1.59. The predicted octanol–water partition coefficient (Wildman–Crippen LogP) is 1.48. The van der Waals surface area contributed by atoms with E-state index in [-0.39, 0.29) is 19.0 Å². The van der Waals surface area contributed by atoms with Gasteiger partial charge in [0.1, 0.15) is 0 Å². The Morgan fingerprint density at radius 1 is 1.37 bits per heavy atom. The molecule has 1 aromatic rings. The van der Waals surface area contributed by atoms with E-state index in [0.717, 1.165) is 16.0 Å². The topological polar surface area (TPSA) is 75.4 Å². The third-order valence-electron chi connectivity index (χ3n) is 2.64. The van der Waals surface area contributed by atoms with Crippen molar-refractivity contribution in [3.05, 3.63) is 41.6 Å². The molecule has 1 rings (SSSR count). The third-order valence-corrected chi connectivity index (χ3v) is 2.64. The van der Waals surface area contributed by atoms with Crippen molar-refractivity contribution in [1.82, 2.24) is 10.2 Å². The lowest BCUT2D eigenvalue weighted by molar-refractivity contribution is -0.125. The van der Waals surface area contributed by atoms with Crippen molar-refractivity contribution in [2.75, 3.05) is 13.1 Å². The first kappa shape index (κ1) is 14.9. The van der Waals surface area contributed by atoms with E-state index in [0.29, 0.717) is 0 Å². The molecule has 0 aromatic heterocycles. The lowest BCUT2D eigenvalue weighted by atomic mass is 10.1. The highest BCUT2D eigenvalue weighted by molar-refractivity contribution is 5.93. The average molecular weight is 261 g/mol. The number of nitrogens with zero attached hydrogens (tertiary/aromatic N) is 1. The highest BCUT2D eigenvalue weighted by Crippen LogP contribution is 2.08.